The van der Waals surface area contributed by atoms with E-state index in [9.17, 15) is 19.2 Å². The molecule has 1 atom stereocenters. The number of aromatic nitrogens is 2. The Labute approximate surface area is 200 Å². The van der Waals surface area contributed by atoms with Crippen molar-refractivity contribution in [1.29, 1.82) is 0 Å². The van der Waals surface area contributed by atoms with Crippen LogP contribution >= 0.6 is 11.6 Å². The van der Waals surface area contributed by atoms with Crippen molar-refractivity contribution in [1.82, 2.24) is 19.4 Å². The number of aromatic amines is 1. The Bertz CT molecular complexity index is 1360. The predicted molar refractivity (Wildman–Crippen MR) is 128 cm³/mol. The average Bonchev–Trinajstić information content (AvgIpc) is 2.85. The van der Waals surface area contributed by atoms with Crippen molar-refractivity contribution in [3.8, 4) is 0 Å². The van der Waals surface area contributed by atoms with Gasteiger partial charge in [-0.25, -0.2) is 4.79 Å². The van der Waals surface area contributed by atoms with Gasteiger partial charge < -0.3 is 19.2 Å². The number of methoxy groups -OCH3 is 1. The molecule has 1 unspecified atom stereocenters. The zero-order valence-electron chi connectivity index (χ0n) is 18.9. The highest BCUT2D eigenvalue weighted by Gasteiger charge is 2.33. The van der Waals surface area contributed by atoms with Gasteiger partial charge in [-0.1, -0.05) is 29.8 Å². The fourth-order valence-electron chi connectivity index (χ4n) is 4.37. The Balaban J connectivity index is 1.54. The minimum absolute atomic E-state index is 0.191. The number of hydrogen-bond donors (Lipinski definition) is 1. The summed E-state index contributed by atoms with van der Waals surface area (Å²) in [6, 6.07) is 11.4. The molecule has 1 aliphatic heterocycles. The normalized spacial score (nSPS) is 15.3. The summed E-state index contributed by atoms with van der Waals surface area (Å²) >= 11 is 6.34. The maximum atomic E-state index is 13.2. The molecule has 178 valence electrons. The molecule has 1 aliphatic rings. The summed E-state index contributed by atoms with van der Waals surface area (Å²) < 4.78 is 6.40. The van der Waals surface area contributed by atoms with Crippen LogP contribution in [0.5, 0.6) is 0 Å². The molecule has 0 spiro atoms. The molecule has 2 heterocycles. The Morgan fingerprint density at radius 1 is 1.09 bits per heavy atom. The zero-order valence-corrected chi connectivity index (χ0v) is 19.7. The van der Waals surface area contributed by atoms with E-state index >= 15 is 0 Å². The molecule has 2 aromatic carbocycles. The first-order valence-electron chi connectivity index (χ1n) is 11.0. The molecule has 0 bridgehead atoms. The summed E-state index contributed by atoms with van der Waals surface area (Å²) in [5.41, 5.74) is 0.726. The number of H-pyrrole nitrogens is 1. The summed E-state index contributed by atoms with van der Waals surface area (Å²) in [4.78, 5) is 56.0. The maximum absolute atomic E-state index is 13.2. The van der Waals surface area contributed by atoms with Gasteiger partial charge in [0.15, 0.2) is 0 Å². The van der Waals surface area contributed by atoms with Gasteiger partial charge in [-0.3, -0.25) is 19.3 Å². The Hall–Kier alpha value is -3.43. The van der Waals surface area contributed by atoms with Gasteiger partial charge in [-0.2, -0.15) is 0 Å². The number of aryl methyl sites for hydroxylation is 1. The number of carbonyl (C=O) groups is 2. The number of amides is 1. The fourth-order valence-corrected chi connectivity index (χ4v) is 4.61. The Kier molecular flexibility index (Phi) is 6.85. The van der Waals surface area contributed by atoms with Crippen molar-refractivity contribution in [3.63, 3.8) is 0 Å². The van der Waals surface area contributed by atoms with E-state index in [1.807, 2.05) is 11.0 Å². The van der Waals surface area contributed by atoms with Crippen LogP contribution in [0.25, 0.3) is 11.0 Å². The van der Waals surface area contributed by atoms with Gasteiger partial charge >= 0.3 is 17.1 Å². The quantitative estimate of drug-likeness (QED) is 0.439. The minimum atomic E-state index is -0.721. The van der Waals surface area contributed by atoms with Crippen molar-refractivity contribution < 1.29 is 14.3 Å². The number of esters is 1. The Morgan fingerprint density at radius 3 is 2.44 bits per heavy atom. The van der Waals surface area contributed by atoms with Gasteiger partial charge in [0.2, 0.25) is 0 Å². The summed E-state index contributed by atoms with van der Waals surface area (Å²) in [5, 5.41) is 0.479. The molecule has 0 aliphatic carbocycles. The minimum Gasteiger partial charge on any atom is -0.468 e. The van der Waals surface area contributed by atoms with Crippen molar-refractivity contribution in [2.24, 2.45) is 0 Å². The van der Waals surface area contributed by atoms with Crippen LogP contribution < -0.4 is 11.1 Å². The molecule has 0 saturated carbocycles. The highest BCUT2D eigenvalue weighted by molar-refractivity contribution is 6.31. The van der Waals surface area contributed by atoms with Crippen LogP contribution in [-0.2, 0) is 16.1 Å². The average molecular weight is 485 g/mol. The molecular formula is C24H25ClN4O5. The van der Waals surface area contributed by atoms with Crippen LogP contribution in [0, 0.1) is 0 Å². The first-order chi connectivity index (χ1) is 16.3. The van der Waals surface area contributed by atoms with E-state index in [1.165, 1.54) is 11.7 Å². The number of rotatable bonds is 5. The van der Waals surface area contributed by atoms with Crippen molar-refractivity contribution in [3.05, 3.63) is 79.3 Å². The van der Waals surface area contributed by atoms with Crippen LogP contribution in [0.1, 0.15) is 28.9 Å². The molecule has 1 aromatic heterocycles. The third-order valence-electron chi connectivity index (χ3n) is 6.13. The number of nitrogens with one attached hydrogen (secondary N) is 1. The second-order valence-electron chi connectivity index (χ2n) is 8.01. The van der Waals surface area contributed by atoms with E-state index in [0.29, 0.717) is 59.9 Å². The molecule has 34 heavy (non-hydrogen) atoms. The third-order valence-corrected chi connectivity index (χ3v) is 6.47. The van der Waals surface area contributed by atoms with E-state index in [4.69, 9.17) is 16.3 Å². The molecule has 4 rings (SSSR count). The summed E-state index contributed by atoms with van der Waals surface area (Å²) in [7, 11) is 1.34. The van der Waals surface area contributed by atoms with Crippen molar-refractivity contribution in [2.75, 3.05) is 33.3 Å². The van der Waals surface area contributed by atoms with E-state index in [0.717, 1.165) is 0 Å². The molecule has 1 fully saturated rings. The lowest BCUT2D eigenvalue weighted by atomic mass is 10.0. The highest BCUT2D eigenvalue weighted by Crippen LogP contribution is 2.29. The van der Waals surface area contributed by atoms with Crippen molar-refractivity contribution in [2.45, 2.75) is 19.5 Å². The number of benzene rings is 2. The van der Waals surface area contributed by atoms with Gasteiger partial charge in [0.25, 0.3) is 5.91 Å². The van der Waals surface area contributed by atoms with E-state index in [1.54, 1.807) is 48.2 Å². The van der Waals surface area contributed by atoms with Gasteiger partial charge in [0.05, 0.1) is 18.1 Å². The highest BCUT2D eigenvalue weighted by atomic mass is 35.5. The summed E-state index contributed by atoms with van der Waals surface area (Å²) in [5.74, 6) is -0.600. The SMILES string of the molecule is CCn1c(=O)c(=O)[nH]c2cc(C(=O)N3CCN(C(C(=O)OC)c4ccccc4Cl)CC3)ccc21. The first-order valence-corrected chi connectivity index (χ1v) is 11.4. The fraction of sp³-hybridized carbons (Fsp3) is 0.333. The number of fused-ring (bicyclic) bond motifs is 1. The summed E-state index contributed by atoms with van der Waals surface area (Å²) in [6.07, 6.45) is 0. The molecule has 3 aromatic rings. The monoisotopic (exact) mass is 484 g/mol. The standard InChI is InChI=1S/C24H25ClN4O5/c1-3-29-19-9-8-15(14-18(19)26-21(30)23(29)32)22(31)28-12-10-27(11-13-28)20(24(33)34-2)16-6-4-5-7-17(16)25/h4-9,14,20H,3,10-13H2,1-2H3,(H,26,30). The lowest BCUT2D eigenvalue weighted by molar-refractivity contribution is -0.148. The largest absolute Gasteiger partial charge is 0.468 e. The summed E-state index contributed by atoms with van der Waals surface area (Å²) in [6.45, 7) is 3.84. The smallest absolute Gasteiger partial charge is 0.327 e. The van der Waals surface area contributed by atoms with Crippen LogP contribution in [0.4, 0.5) is 0 Å². The van der Waals surface area contributed by atoms with Gasteiger partial charge in [0, 0.05) is 43.3 Å². The number of halogens is 1. The van der Waals surface area contributed by atoms with E-state index in [2.05, 4.69) is 4.98 Å². The molecule has 10 heteroatoms. The third kappa shape index (κ3) is 4.36. The number of ether oxygens (including phenoxy) is 1. The molecule has 9 nitrogen and oxygen atoms in total. The topological polar surface area (TPSA) is 105 Å². The number of hydrogen-bond acceptors (Lipinski definition) is 6. The molecular weight excluding hydrogens is 460 g/mol. The van der Waals surface area contributed by atoms with Crippen molar-refractivity contribution >= 4 is 34.5 Å². The number of carbonyl (C=O) groups excluding carboxylic acids is 2. The lowest BCUT2D eigenvalue weighted by Gasteiger charge is -2.38. The number of piperazine rings is 1. The van der Waals surface area contributed by atoms with Crippen LogP contribution in [-0.4, -0.2) is 64.5 Å². The maximum Gasteiger partial charge on any atom is 0.327 e. The second kappa shape index (κ2) is 9.82. The van der Waals surface area contributed by atoms with Crippen LogP contribution in [0.3, 0.4) is 0 Å². The number of nitrogens with zero attached hydrogens (tertiary/aromatic N) is 3. The lowest BCUT2D eigenvalue weighted by Crippen LogP contribution is -2.51. The molecule has 1 amide bonds. The van der Waals surface area contributed by atoms with Gasteiger partial charge in [-0.15, -0.1) is 0 Å². The molecule has 1 N–H and O–H groups in total. The second-order valence-corrected chi connectivity index (χ2v) is 8.42. The van der Waals surface area contributed by atoms with E-state index < -0.39 is 23.1 Å². The Morgan fingerprint density at radius 2 is 1.79 bits per heavy atom. The zero-order chi connectivity index (χ0) is 24.4. The molecule has 0 radical (unpaired) electrons. The van der Waals surface area contributed by atoms with Crippen LogP contribution in [0.2, 0.25) is 5.02 Å². The first kappa shape index (κ1) is 23.7. The van der Waals surface area contributed by atoms with Gasteiger partial charge in [-0.05, 0) is 36.8 Å². The van der Waals surface area contributed by atoms with Crippen LogP contribution in [0.15, 0.2) is 52.1 Å². The molecule has 1 saturated heterocycles. The van der Waals surface area contributed by atoms with Gasteiger partial charge in [0.1, 0.15) is 6.04 Å². The predicted octanol–water partition coefficient (Wildman–Crippen LogP) is 2.04. The van der Waals surface area contributed by atoms with E-state index in [-0.39, 0.29) is 5.91 Å².